The number of allylic oxidation sites excluding steroid dienone is 1. The summed E-state index contributed by atoms with van der Waals surface area (Å²) in [5.41, 5.74) is 5.19. The van der Waals surface area contributed by atoms with Gasteiger partial charge in [-0.1, -0.05) is 0 Å². The maximum atomic E-state index is 7.95. The minimum absolute atomic E-state index is 0.558. The molecule has 0 saturated carbocycles. The topological polar surface area (TPSA) is 49.8 Å². The lowest BCUT2D eigenvalue weighted by molar-refractivity contribution is 1.50. The highest BCUT2D eigenvalue weighted by Crippen LogP contribution is 2.00. The van der Waals surface area contributed by atoms with E-state index in [0.29, 0.717) is 5.03 Å². The fourth-order valence-electron chi connectivity index (χ4n) is 0.123. The maximum absolute atomic E-state index is 7.95. The first-order valence-electron chi connectivity index (χ1n) is 1.70. The fourth-order valence-corrected chi connectivity index (χ4v) is 0.293. The molecule has 2 N–H and O–H groups in total. The number of thioether (sulfide) groups is 1. The zero-order valence-electron chi connectivity index (χ0n) is 4.01. The first-order chi connectivity index (χ1) is 3.31. The molecule has 0 atom stereocenters. The summed E-state index contributed by atoms with van der Waals surface area (Å²) in [6.07, 6.45) is 3.13. The molecule has 0 aromatic carbocycles. The van der Waals surface area contributed by atoms with Crippen molar-refractivity contribution in [3.63, 3.8) is 0 Å². The van der Waals surface area contributed by atoms with Gasteiger partial charge in [-0.05, 0) is 6.26 Å². The van der Waals surface area contributed by atoms with E-state index in [0.717, 1.165) is 0 Å². The minimum atomic E-state index is 0.558. The Bertz CT molecular complexity index is 111. The number of nitrogens with zero attached hydrogens (tertiary/aromatic N) is 1. The van der Waals surface area contributed by atoms with E-state index in [1.54, 1.807) is 0 Å². The first-order valence-corrected chi connectivity index (χ1v) is 2.93. The van der Waals surface area contributed by atoms with Crippen LogP contribution in [-0.4, -0.2) is 6.26 Å². The van der Waals surface area contributed by atoms with Crippen LogP contribution in [0.15, 0.2) is 11.1 Å². The van der Waals surface area contributed by atoms with Crippen molar-refractivity contribution in [1.82, 2.24) is 0 Å². The normalized spacial score (nSPS) is 10.6. The summed E-state index contributed by atoms with van der Waals surface area (Å²) in [4.78, 5) is 0. The molecule has 0 aliphatic rings. The molecule has 0 rings (SSSR count). The second kappa shape index (κ2) is 3.57. The number of hydrogen-bond acceptors (Lipinski definition) is 3. The lowest BCUT2D eigenvalue weighted by Crippen LogP contribution is -1.88. The Labute approximate surface area is 47.0 Å². The van der Waals surface area contributed by atoms with Crippen LogP contribution in [0.25, 0.3) is 0 Å². The SMILES string of the molecule is CSC(N)=CC#N. The zero-order chi connectivity index (χ0) is 5.70. The molecule has 0 heterocycles. The van der Waals surface area contributed by atoms with Crippen LogP contribution in [0.1, 0.15) is 0 Å². The van der Waals surface area contributed by atoms with Crippen molar-refractivity contribution >= 4 is 11.8 Å². The smallest absolute Gasteiger partial charge is 0.0939 e. The van der Waals surface area contributed by atoms with Gasteiger partial charge < -0.3 is 5.73 Å². The Hall–Kier alpha value is -0.620. The minimum Gasteiger partial charge on any atom is -0.393 e. The quantitative estimate of drug-likeness (QED) is 0.510. The number of rotatable bonds is 1. The molecule has 0 fully saturated rings. The van der Waals surface area contributed by atoms with Gasteiger partial charge in [-0.3, -0.25) is 0 Å². The van der Waals surface area contributed by atoms with E-state index in [1.165, 1.54) is 17.8 Å². The molecule has 0 aliphatic heterocycles. The van der Waals surface area contributed by atoms with Crippen LogP contribution in [0.4, 0.5) is 0 Å². The summed E-state index contributed by atoms with van der Waals surface area (Å²) in [6, 6.07) is 1.81. The van der Waals surface area contributed by atoms with Gasteiger partial charge in [0.15, 0.2) is 0 Å². The second-order valence-electron chi connectivity index (χ2n) is 0.880. The monoisotopic (exact) mass is 114 g/mol. The lowest BCUT2D eigenvalue weighted by atomic mass is 10.7. The average molecular weight is 114 g/mol. The van der Waals surface area contributed by atoms with Gasteiger partial charge in [-0.25, -0.2) is 0 Å². The third kappa shape index (κ3) is 3.20. The summed E-state index contributed by atoms with van der Waals surface area (Å²) >= 11 is 1.37. The highest BCUT2D eigenvalue weighted by atomic mass is 32.2. The van der Waals surface area contributed by atoms with Crippen LogP contribution in [0.3, 0.4) is 0 Å². The number of nitrogens with two attached hydrogens (primary N) is 1. The van der Waals surface area contributed by atoms with Crippen molar-refractivity contribution in [1.29, 1.82) is 5.26 Å². The Morgan fingerprint density at radius 3 is 2.71 bits per heavy atom. The second-order valence-corrected chi connectivity index (χ2v) is 1.76. The largest absolute Gasteiger partial charge is 0.393 e. The van der Waals surface area contributed by atoms with Gasteiger partial charge >= 0.3 is 0 Å². The fraction of sp³-hybridized carbons (Fsp3) is 0.250. The number of nitriles is 1. The van der Waals surface area contributed by atoms with Crippen molar-refractivity contribution in [3.8, 4) is 6.07 Å². The predicted molar refractivity (Wildman–Crippen MR) is 31.4 cm³/mol. The predicted octanol–water partition coefficient (Wildman–Crippen LogP) is 0.673. The Morgan fingerprint density at radius 1 is 2.00 bits per heavy atom. The van der Waals surface area contributed by atoms with E-state index in [-0.39, 0.29) is 0 Å². The third-order valence-corrected chi connectivity index (χ3v) is 1.03. The van der Waals surface area contributed by atoms with Gasteiger partial charge in [0.05, 0.1) is 11.1 Å². The maximum Gasteiger partial charge on any atom is 0.0939 e. The highest BCUT2D eigenvalue weighted by Gasteiger charge is 1.77. The average Bonchev–Trinajstić information content (AvgIpc) is 1.68. The van der Waals surface area contributed by atoms with Gasteiger partial charge in [0, 0.05) is 6.08 Å². The summed E-state index contributed by atoms with van der Waals surface area (Å²) in [7, 11) is 0. The van der Waals surface area contributed by atoms with Crippen LogP contribution in [0.2, 0.25) is 0 Å². The van der Waals surface area contributed by atoms with Crippen molar-refractivity contribution in [3.05, 3.63) is 11.1 Å². The summed E-state index contributed by atoms with van der Waals surface area (Å²) in [6.45, 7) is 0. The molecule has 0 aliphatic carbocycles. The van der Waals surface area contributed by atoms with Crippen LogP contribution >= 0.6 is 11.8 Å². The molecule has 0 unspecified atom stereocenters. The number of hydrogen-bond donors (Lipinski definition) is 1. The van der Waals surface area contributed by atoms with Crippen molar-refractivity contribution < 1.29 is 0 Å². The molecule has 7 heavy (non-hydrogen) atoms. The Balaban J connectivity index is 3.56. The van der Waals surface area contributed by atoms with Gasteiger partial charge in [-0.15, -0.1) is 11.8 Å². The van der Waals surface area contributed by atoms with E-state index in [2.05, 4.69) is 0 Å². The molecule has 0 saturated heterocycles. The standard InChI is InChI=1S/C4H6N2S/c1-7-4(6)2-3-5/h2H,6H2,1H3. The van der Waals surface area contributed by atoms with E-state index in [1.807, 2.05) is 12.3 Å². The van der Waals surface area contributed by atoms with Gasteiger partial charge in [0.2, 0.25) is 0 Å². The van der Waals surface area contributed by atoms with Crippen molar-refractivity contribution in [2.45, 2.75) is 0 Å². The van der Waals surface area contributed by atoms with E-state index >= 15 is 0 Å². The molecule has 2 nitrogen and oxygen atoms in total. The van der Waals surface area contributed by atoms with Crippen molar-refractivity contribution in [2.24, 2.45) is 5.73 Å². The van der Waals surface area contributed by atoms with Gasteiger partial charge in [-0.2, -0.15) is 5.26 Å². The lowest BCUT2D eigenvalue weighted by Gasteiger charge is -1.84. The van der Waals surface area contributed by atoms with Crippen LogP contribution in [0.5, 0.6) is 0 Å². The van der Waals surface area contributed by atoms with Crippen LogP contribution in [-0.2, 0) is 0 Å². The molecule has 3 heteroatoms. The summed E-state index contributed by atoms with van der Waals surface area (Å²) in [5.74, 6) is 0. The molecule has 0 aromatic rings. The highest BCUT2D eigenvalue weighted by molar-refractivity contribution is 8.02. The van der Waals surface area contributed by atoms with Crippen LogP contribution < -0.4 is 5.73 Å². The van der Waals surface area contributed by atoms with E-state index in [4.69, 9.17) is 11.0 Å². The zero-order valence-corrected chi connectivity index (χ0v) is 4.83. The van der Waals surface area contributed by atoms with Gasteiger partial charge in [0.1, 0.15) is 0 Å². The molecule has 0 aromatic heterocycles. The molecule has 0 bridgehead atoms. The van der Waals surface area contributed by atoms with E-state index in [9.17, 15) is 0 Å². The first kappa shape index (κ1) is 6.38. The molecular weight excluding hydrogens is 108 g/mol. The molecule has 38 valence electrons. The third-order valence-electron chi connectivity index (χ3n) is 0.443. The Kier molecular flexibility index (Phi) is 3.25. The van der Waals surface area contributed by atoms with Gasteiger partial charge in [0.25, 0.3) is 0 Å². The van der Waals surface area contributed by atoms with E-state index < -0.39 is 0 Å². The molecular formula is C4H6N2S. The van der Waals surface area contributed by atoms with Crippen molar-refractivity contribution in [2.75, 3.05) is 6.26 Å². The summed E-state index contributed by atoms with van der Waals surface area (Å²) in [5, 5.41) is 8.51. The summed E-state index contributed by atoms with van der Waals surface area (Å²) < 4.78 is 0. The molecule has 0 radical (unpaired) electrons. The Morgan fingerprint density at radius 2 is 2.57 bits per heavy atom. The molecule has 0 spiro atoms. The van der Waals surface area contributed by atoms with Crippen LogP contribution in [0, 0.1) is 11.3 Å². The molecule has 0 amide bonds.